The molecule has 1 aromatic carbocycles. The van der Waals surface area contributed by atoms with Crippen LogP contribution in [-0.4, -0.2) is 31.4 Å². The molecule has 2 rings (SSSR count). The summed E-state index contributed by atoms with van der Waals surface area (Å²) in [5.74, 6) is -0.379. The number of carbonyl (C=O) groups is 3. The highest BCUT2D eigenvalue weighted by atomic mass is 32.1. The molecule has 0 aliphatic carbocycles. The van der Waals surface area contributed by atoms with E-state index in [1.54, 1.807) is 36.4 Å². The van der Waals surface area contributed by atoms with E-state index in [9.17, 15) is 14.4 Å². The molecular formula is C16H18N4O3S. The molecule has 0 saturated carbocycles. The van der Waals surface area contributed by atoms with Crippen molar-refractivity contribution < 1.29 is 14.4 Å². The Morgan fingerprint density at radius 1 is 1.00 bits per heavy atom. The van der Waals surface area contributed by atoms with E-state index in [1.165, 1.54) is 18.4 Å². The summed E-state index contributed by atoms with van der Waals surface area (Å²) in [7, 11) is 1.53. The number of benzene rings is 1. The van der Waals surface area contributed by atoms with Crippen molar-refractivity contribution in [2.75, 3.05) is 24.2 Å². The van der Waals surface area contributed by atoms with Gasteiger partial charge in [-0.2, -0.15) is 0 Å². The Labute approximate surface area is 143 Å². The smallest absolute Gasteiger partial charge is 0.318 e. The summed E-state index contributed by atoms with van der Waals surface area (Å²) in [5, 5.41) is 12.3. The second kappa shape index (κ2) is 8.68. The molecule has 0 atom stereocenters. The molecule has 4 amide bonds. The van der Waals surface area contributed by atoms with Crippen LogP contribution < -0.4 is 21.3 Å². The van der Waals surface area contributed by atoms with Crippen LogP contribution in [0.1, 0.15) is 16.1 Å². The number of thiophene rings is 1. The van der Waals surface area contributed by atoms with Crippen LogP contribution in [-0.2, 0) is 4.79 Å². The van der Waals surface area contributed by atoms with Crippen LogP contribution in [0.2, 0.25) is 0 Å². The molecule has 2 aromatic rings. The highest BCUT2D eigenvalue weighted by Crippen LogP contribution is 2.13. The maximum absolute atomic E-state index is 11.8. The minimum atomic E-state index is -0.312. The van der Waals surface area contributed by atoms with E-state index in [4.69, 9.17) is 0 Å². The third-order valence-corrected chi connectivity index (χ3v) is 3.90. The van der Waals surface area contributed by atoms with Crippen LogP contribution in [0.5, 0.6) is 0 Å². The van der Waals surface area contributed by atoms with Crippen molar-refractivity contribution >= 4 is 40.6 Å². The van der Waals surface area contributed by atoms with E-state index in [-0.39, 0.29) is 30.8 Å². The van der Waals surface area contributed by atoms with Gasteiger partial charge in [-0.15, -0.1) is 11.3 Å². The Bertz CT molecular complexity index is 699. The average molecular weight is 346 g/mol. The maximum atomic E-state index is 11.8. The van der Waals surface area contributed by atoms with E-state index < -0.39 is 0 Å². The lowest BCUT2D eigenvalue weighted by molar-refractivity contribution is -0.116. The number of rotatable bonds is 6. The predicted octanol–water partition coefficient (Wildman–Crippen LogP) is 2.26. The van der Waals surface area contributed by atoms with Crippen LogP contribution in [0.4, 0.5) is 16.2 Å². The summed E-state index contributed by atoms with van der Waals surface area (Å²) in [6.07, 6.45) is 0.176. The molecule has 0 unspecified atom stereocenters. The highest BCUT2D eigenvalue weighted by molar-refractivity contribution is 7.12. The van der Waals surface area contributed by atoms with Crippen molar-refractivity contribution in [3.05, 3.63) is 46.7 Å². The molecule has 0 aliphatic rings. The van der Waals surface area contributed by atoms with Gasteiger partial charge in [0.2, 0.25) is 5.91 Å². The lowest BCUT2D eigenvalue weighted by Crippen LogP contribution is -2.27. The Balaban J connectivity index is 1.74. The van der Waals surface area contributed by atoms with Gasteiger partial charge in [-0.05, 0) is 35.7 Å². The SMILES string of the molecule is CNC(=O)Nc1ccc(NC(=O)CCNC(=O)c2cccs2)cc1. The maximum Gasteiger partial charge on any atom is 0.318 e. The van der Waals surface area contributed by atoms with Crippen molar-refractivity contribution in [2.45, 2.75) is 6.42 Å². The number of hydrogen-bond acceptors (Lipinski definition) is 4. The van der Waals surface area contributed by atoms with Gasteiger partial charge >= 0.3 is 6.03 Å². The summed E-state index contributed by atoms with van der Waals surface area (Å²) >= 11 is 1.35. The number of urea groups is 1. The zero-order chi connectivity index (χ0) is 17.4. The molecule has 7 nitrogen and oxygen atoms in total. The van der Waals surface area contributed by atoms with Crippen molar-refractivity contribution in [2.24, 2.45) is 0 Å². The first-order valence-corrected chi connectivity index (χ1v) is 8.17. The summed E-state index contributed by atoms with van der Waals surface area (Å²) in [6.45, 7) is 0.263. The normalized spacial score (nSPS) is 9.88. The minimum absolute atomic E-state index is 0.176. The molecule has 4 N–H and O–H groups in total. The molecule has 0 bridgehead atoms. The van der Waals surface area contributed by atoms with Gasteiger partial charge in [0.1, 0.15) is 0 Å². The Morgan fingerprint density at radius 2 is 1.67 bits per heavy atom. The number of amides is 4. The molecule has 0 radical (unpaired) electrons. The molecule has 24 heavy (non-hydrogen) atoms. The number of carbonyl (C=O) groups excluding carboxylic acids is 3. The summed E-state index contributed by atoms with van der Waals surface area (Å²) < 4.78 is 0. The Morgan fingerprint density at radius 3 is 2.25 bits per heavy atom. The lowest BCUT2D eigenvalue weighted by atomic mass is 10.2. The summed E-state index contributed by atoms with van der Waals surface area (Å²) in [5.41, 5.74) is 1.24. The van der Waals surface area contributed by atoms with Crippen molar-refractivity contribution in [3.63, 3.8) is 0 Å². The van der Waals surface area contributed by atoms with Crippen molar-refractivity contribution in [1.29, 1.82) is 0 Å². The molecule has 0 aliphatic heterocycles. The molecule has 126 valence electrons. The Hall–Kier alpha value is -2.87. The monoisotopic (exact) mass is 346 g/mol. The van der Waals surface area contributed by atoms with Gasteiger partial charge in [-0.1, -0.05) is 6.07 Å². The second-order valence-electron chi connectivity index (χ2n) is 4.81. The molecule has 8 heteroatoms. The van der Waals surface area contributed by atoms with Gasteiger partial charge in [0.05, 0.1) is 4.88 Å². The van der Waals surface area contributed by atoms with E-state index >= 15 is 0 Å². The van der Waals surface area contributed by atoms with E-state index in [0.717, 1.165) is 0 Å². The highest BCUT2D eigenvalue weighted by Gasteiger charge is 2.07. The average Bonchev–Trinajstić information content (AvgIpc) is 3.11. The topological polar surface area (TPSA) is 99.3 Å². The van der Waals surface area contributed by atoms with Crippen molar-refractivity contribution in [3.8, 4) is 0 Å². The van der Waals surface area contributed by atoms with Gasteiger partial charge in [0.25, 0.3) is 5.91 Å². The standard InChI is InChI=1S/C16H18N4O3S/c1-17-16(23)20-12-6-4-11(5-7-12)19-14(21)8-9-18-15(22)13-3-2-10-24-13/h2-7,10H,8-9H2,1H3,(H,18,22)(H,19,21)(H2,17,20,23). The van der Waals surface area contributed by atoms with Crippen LogP contribution in [0.3, 0.4) is 0 Å². The second-order valence-corrected chi connectivity index (χ2v) is 5.76. The number of anilines is 2. The van der Waals surface area contributed by atoms with Crippen molar-refractivity contribution in [1.82, 2.24) is 10.6 Å². The van der Waals surface area contributed by atoms with Gasteiger partial charge in [0, 0.05) is 31.4 Å². The van der Waals surface area contributed by atoms with Crippen LogP contribution in [0, 0.1) is 0 Å². The van der Waals surface area contributed by atoms with Crippen LogP contribution in [0.15, 0.2) is 41.8 Å². The predicted molar refractivity (Wildman–Crippen MR) is 94.4 cm³/mol. The fourth-order valence-electron chi connectivity index (χ4n) is 1.84. The Kier molecular flexibility index (Phi) is 6.32. The van der Waals surface area contributed by atoms with Gasteiger partial charge < -0.3 is 21.3 Å². The van der Waals surface area contributed by atoms with Gasteiger partial charge in [-0.3, -0.25) is 9.59 Å². The largest absolute Gasteiger partial charge is 0.351 e. The molecule has 0 fully saturated rings. The van der Waals surface area contributed by atoms with E-state index in [0.29, 0.717) is 16.3 Å². The molecule has 1 aromatic heterocycles. The zero-order valence-electron chi connectivity index (χ0n) is 13.1. The number of nitrogens with one attached hydrogen (secondary N) is 4. The quantitative estimate of drug-likeness (QED) is 0.645. The third-order valence-electron chi connectivity index (χ3n) is 3.04. The number of hydrogen-bond donors (Lipinski definition) is 4. The first kappa shape index (κ1) is 17.5. The van der Waals surface area contributed by atoms with Gasteiger partial charge in [0.15, 0.2) is 0 Å². The van der Waals surface area contributed by atoms with E-state index in [1.807, 2.05) is 5.38 Å². The summed E-state index contributed by atoms with van der Waals surface area (Å²) in [4.78, 5) is 35.4. The van der Waals surface area contributed by atoms with Crippen LogP contribution >= 0.6 is 11.3 Å². The summed E-state index contributed by atoms with van der Waals surface area (Å²) in [6, 6.07) is 9.96. The molecule has 0 spiro atoms. The molecule has 0 saturated heterocycles. The molecule has 1 heterocycles. The third kappa shape index (κ3) is 5.40. The zero-order valence-corrected chi connectivity index (χ0v) is 13.9. The fraction of sp³-hybridized carbons (Fsp3) is 0.188. The fourth-order valence-corrected chi connectivity index (χ4v) is 2.48. The minimum Gasteiger partial charge on any atom is -0.351 e. The molecular weight excluding hydrogens is 328 g/mol. The van der Waals surface area contributed by atoms with E-state index in [2.05, 4.69) is 21.3 Å². The van der Waals surface area contributed by atoms with Gasteiger partial charge in [-0.25, -0.2) is 4.79 Å². The van der Waals surface area contributed by atoms with Crippen LogP contribution in [0.25, 0.3) is 0 Å². The lowest BCUT2D eigenvalue weighted by Gasteiger charge is -2.08. The first-order valence-electron chi connectivity index (χ1n) is 7.29. The first-order chi connectivity index (χ1) is 11.6.